The summed E-state index contributed by atoms with van der Waals surface area (Å²) in [6.45, 7) is 4.35. The van der Waals surface area contributed by atoms with Gasteiger partial charge in [-0.25, -0.2) is 4.98 Å². The number of carbonyl (C=O) groups is 1. The number of hydrogen-bond acceptors (Lipinski definition) is 3. The lowest BCUT2D eigenvalue weighted by Crippen LogP contribution is -2.23. The van der Waals surface area contributed by atoms with Crippen molar-refractivity contribution in [3.8, 4) is 5.75 Å². The second-order valence-corrected chi connectivity index (χ2v) is 3.86. The third kappa shape index (κ3) is 3.45. The summed E-state index contributed by atoms with van der Waals surface area (Å²) in [5.74, 6) is 0.360. The van der Waals surface area contributed by atoms with Gasteiger partial charge in [-0.1, -0.05) is 24.8 Å². The minimum atomic E-state index is -0.186. The van der Waals surface area contributed by atoms with Crippen molar-refractivity contribution in [2.75, 3.05) is 6.61 Å². The van der Waals surface area contributed by atoms with Crippen LogP contribution in [0.5, 0.6) is 5.75 Å². The van der Waals surface area contributed by atoms with E-state index in [-0.39, 0.29) is 5.91 Å². The van der Waals surface area contributed by atoms with E-state index < -0.39 is 0 Å². The van der Waals surface area contributed by atoms with Crippen molar-refractivity contribution >= 4 is 5.91 Å². The minimum absolute atomic E-state index is 0.186. The summed E-state index contributed by atoms with van der Waals surface area (Å²) in [4.78, 5) is 18.9. The predicted octanol–water partition coefficient (Wildman–Crippen LogP) is 1.90. The topological polar surface area (TPSA) is 67.0 Å². The lowest BCUT2D eigenvalue weighted by atomic mass is 10.2. The third-order valence-corrected chi connectivity index (χ3v) is 2.48. The average molecular weight is 257 g/mol. The van der Waals surface area contributed by atoms with Crippen molar-refractivity contribution in [3.63, 3.8) is 0 Å². The van der Waals surface area contributed by atoms with E-state index >= 15 is 0 Å². The van der Waals surface area contributed by atoms with Gasteiger partial charge >= 0.3 is 0 Å². The van der Waals surface area contributed by atoms with Crippen molar-refractivity contribution in [2.45, 2.75) is 6.54 Å². The Morgan fingerprint density at radius 1 is 1.47 bits per heavy atom. The van der Waals surface area contributed by atoms with Crippen molar-refractivity contribution < 1.29 is 9.53 Å². The summed E-state index contributed by atoms with van der Waals surface area (Å²) in [5.41, 5.74) is 1.35. The molecule has 98 valence electrons. The monoisotopic (exact) mass is 257 g/mol. The molecule has 19 heavy (non-hydrogen) atoms. The number of aromatic nitrogens is 2. The number of imidazole rings is 1. The molecule has 0 aliphatic heterocycles. The van der Waals surface area contributed by atoms with Gasteiger partial charge in [-0.3, -0.25) is 4.79 Å². The van der Waals surface area contributed by atoms with Gasteiger partial charge in [0.25, 0.3) is 5.91 Å². The number of aromatic amines is 1. The van der Waals surface area contributed by atoms with Gasteiger partial charge in [0.2, 0.25) is 0 Å². The number of nitrogens with zero attached hydrogens (tertiary/aromatic N) is 1. The van der Waals surface area contributed by atoms with E-state index in [9.17, 15) is 4.79 Å². The first-order chi connectivity index (χ1) is 9.31. The largest absolute Gasteiger partial charge is 0.489 e. The zero-order valence-corrected chi connectivity index (χ0v) is 10.4. The van der Waals surface area contributed by atoms with Crippen molar-refractivity contribution in [1.82, 2.24) is 15.3 Å². The number of rotatable bonds is 6. The summed E-state index contributed by atoms with van der Waals surface area (Å²) in [6, 6.07) is 7.10. The van der Waals surface area contributed by atoms with Crippen LogP contribution in [0.4, 0.5) is 0 Å². The van der Waals surface area contributed by atoms with E-state index in [1.54, 1.807) is 36.8 Å². The highest BCUT2D eigenvalue weighted by Crippen LogP contribution is 2.17. The lowest BCUT2D eigenvalue weighted by molar-refractivity contribution is 0.0947. The van der Waals surface area contributed by atoms with Gasteiger partial charge in [0.15, 0.2) is 0 Å². The fraction of sp³-hybridized carbons (Fsp3) is 0.143. The van der Waals surface area contributed by atoms with Gasteiger partial charge in [0.1, 0.15) is 12.4 Å². The normalized spacial score (nSPS) is 9.89. The van der Waals surface area contributed by atoms with E-state index in [0.29, 0.717) is 24.5 Å². The van der Waals surface area contributed by atoms with E-state index in [2.05, 4.69) is 21.9 Å². The van der Waals surface area contributed by atoms with Crippen LogP contribution in [0.1, 0.15) is 16.1 Å². The fourth-order valence-electron chi connectivity index (χ4n) is 1.58. The van der Waals surface area contributed by atoms with Gasteiger partial charge in [-0.05, 0) is 12.1 Å². The van der Waals surface area contributed by atoms with Crippen LogP contribution in [0.2, 0.25) is 0 Å². The fourth-order valence-corrected chi connectivity index (χ4v) is 1.58. The highest BCUT2D eigenvalue weighted by atomic mass is 16.5. The molecular weight excluding hydrogens is 242 g/mol. The molecule has 1 heterocycles. The molecule has 1 aromatic heterocycles. The maximum Gasteiger partial charge on any atom is 0.255 e. The summed E-state index contributed by atoms with van der Waals surface area (Å²) in [5, 5.41) is 2.80. The Balaban J connectivity index is 2.03. The number of para-hydroxylation sites is 1. The summed E-state index contributed by atoms with van der Waals surface area (Å²) >= 11 is 0. The van der Waals surface area contributed by atoms with Gasteiger partial charge in [-0.2, -0.15) is 0 Å². The number of nitrogens with one attached hydrogen (secondary N) is 2. The van der Waals surface area contributed by atoms with Crippen molar-refractivity contribution in [3.05, 3.63) is 60.7 Å². The van der Waals surface area contributed by atoms with Crippen molar-refractivity contribution in [1.29, 1.82) is 0 Å². The Morgan fingerprint density at radius 2 is 2.32 bits per heavy atom. The number of amides is 1. The molecular formula is C14H15N3O2. The number of benzene rings is 1. The average Bonchev–Trinajstić information content (AvgIpc) is 2.96. The molecule has 0 bridgehead atoms. The molecule has 2 rings (SSSR count). The number of hydrogen-bond donors (Lipinski definition) is 2. The second kappa shape index (κ2) is 6.39. The number of ether oxygens (including phenoxy) is 1. The minimum Gasteiger partial charge on any atom is -0.489 e. The molecule has 0 saturated carbocycles. The van der Waals surface area contributed by atoms with Gasteiger partial charge < -0.3 is 15.0 Å². The first-order valence-corrected chi connectivity index (χ1v) is 5.89. The number of carbonyl (C=O) groups excluding carboxylic acids is 1. The maximum absolute atomic E-state index is 12.1. The lowest BCUT2D eigenvalue weighted by Gasteiger charge is -2.09. The molecule has 0 spiro atoms. The van der Waals surface area contributed by atoms with E-state index in [1.807, 2.05) is 6.07 Å². The van der Waals surface area contributed by atoms with Crippen LogP contribution in [-0.2, 0) is 6.54 Å². The first kappa shape index (κ1) is 12.9. The summed E-state index contributed by atoms with van der Waals surface area (Å²) in [6.07, 6.45) is 4.88. The SMILES string of the molecule is C=CCOc1ccccc1C(=O)NCc1cnc[nH]1. The Labute approximate surface area is 111 Å². The third-order valence-electron chi connectivity index (χ3n) is 2.48. The summed E-state index contributed by atoms with van der Waals surface area (Å²) < 4.78 is 5.45. The first-order valence-electron chi connectivity index (χ1n) is 5.89. The molecule has 5 nitrogen and oxygen atoms in total. The molecule has 5 heteroatoms. The molecule has 1 amide bonds. The molecule has 0 aliphatic carbocycles. The molecule has 2 aromatic rings. The van der Waals surface area contributed by atoms with E-state index in [0.717, 1.165) is 5.69 Å². The van der Waals surface area contributed by atoms with Crippen LogP contribution in [0, 0.1) is 0 Å². The quantitative estimate of drug-likeness (QED) is 0.777. The highest BCUT2D eigenvalue weighted by Gasteiger charge is 2.11. The predicted molar refractivity (Wildman–Crippen MR) is 71.9 cm³/mol. The Morgan fingerprint density at radius 3 is 3.05 bits per heavy atom. The molecule has 0 aliphatic rings. The van der Waals surface area contributed by atoms with Crippen LogP contribution < -0.4 is 10.1 Å². The molecule has 0 unspecified atom stereocenters. The van der Waals surface area contributed by atoms with Gasteiger partial charge in [-0.15, -0.1) is 0 Å². The van der Waals surface area contributed by atoms with Crippen LogP contribution in [0.3, 0.4) is 0 Å². The highest BCUT2D eigenvalue weighted by molar-refractivity contribution is 5.96. The van der Waals surface area contributed by atoms with Gasteiger partial charge in [0.05, 0.1) is 24.1 Å². The van der Waals surface area contributed by atoms with E-state index in [1.165, 1.54) is 0 Å². The molecule has 0 saturated heterocycles. The molecule has 0 radical (unpaired) electrons. The molecule has 0 atom stereocenters. The zero-order valence-electron chi connectivity index (χ0n) is 10.4. The van der Waals surface area contributed by atoms with E-state index in [4.69, 9.17) is 4.74 Å². The Hall–Kier alpha value is -2.56. The zero-order chi connectivity index (χ0) is 13.5. The molecule has 1 aromatic carbocycles. The van der Waals surface area contributed by atoms with Crippen LogP contribution in [0.15, 0.2) is 49.4 Å². The van der Waals surface area contributed by atoms with Crippen LogP contribution in [-0.4, -0.2) is 22.5 Å². The smallest absolute Gasteiger partial charge is 0.255 e. The second-order valence-electron chi connectivity index (χ2n) is 3.86. The standard InChI is InChI=1S/C14H15N3O2/c1-2-7-19-13-6-4-3-5-12(13)14(18)16-9-11-8-15-10-17-11/h2-6,8,10H,1,7,9H2,(H,15,17)(H,16,18). The van der Waals surface area contributed by atoms with Crippen molar-refractivity contribution in [2.24, 2.45) is 0 Å². The van der Waals surface area contributed by atoms with Crippen LogP contribution in [0.25, 0.3) is 0 Å². The van der Waals surface area contributed by atoms with Crippen LogP contribution >= 0.6 is 0 Å². The molecule has 0 fully saturated rings. The molecule has 2 N–H and O–H groups in total. The maximum atomic E-state index is 12.1. The summed E-state index contributed by atoms with van der Waals surface area (Å²) in [7, 11) is 0. The Bertz CT molecular complexity index is 550. The number of H-pyrrole nitrogens is 1. The Kier molecular flexibility index (Phi) is 4.34. The van der Waals surface area contributed by atoms with Gasteiger partial charge in [0, 0.05) is 6.20 Å².